The fourth-order valence-corrected chi connectivity index (χ4v) is 2.29. The molecule has 0 spiro atoms. The Kier molecular flexibility index (Phi) is 2.60. The van der Waals surface area contributed by atoms with Crippen LogP contribution in [-0.4, -0.2) is 5.78 Å². The number of ketones is 1. The van der Waals surface area contributed by atoms with Gasteiger partial charge in [0.25, 0.3) is 0 Å². The summed E-state index contributed by atoms with van der Waals surface area (Å²) in [7, 11) is 0. The van der Waals surface area contributed by atoms with Gasteiger partial charge in [0.2, 0.25) is 0 Å². The minimum absolute atomic E-state index is 0.211. The molecule has 1 saturated carbocycles. The van der Waals surface area contributed by atoms with Crippen LogP contribution in [0.5, 0.6) is 0 Å². The lowest BCUT2D eigenvalue weighted by Gasteiger charge is -2.31. The number of carbonyl (C=O) groups excluding carboxylic acids is 1. The molecule has 0 aliphatic heterocycles. The molecule has 0 radical (unpaired) electrons. The molecular formula is C14H14O. The van der Waals surface area contributed by atoms with Crippen molar-refractivity contribution < 1.29 is 4.79 Å². The minimum atomic E-state index is -0.639. The third-order valence-corrected chi connectivity index (χ3v) is 3.19. The summed E-state index contributed by atoms with van der Waals surface area (Å²) in [6.45, 7) is 0. The number of hydrogen-bond donors (Lipinski definition) is 0. The zero-order valence-electron chi connectivity index (χ0n) is 8.70. The van der Waals surface area contributed by atoms with Gasteiger partial charge >= 0.3 is 0 Å². The van der Waals surface area contributed by atoms with E-state index in [9.17, 15) is 4.79 Å². The first-order valence-electron chi connectivity index (χ1n) is 5.36. The van der Waals surface area contributed by atoms with Crippen molar-refractivity contribution in [2.24, 2.45) is 0 Å². The summed E-state index contributed by atoms with van der Waals surface area (Å²) in [5, 5.41) is 0. The van der Waals surface area contributed by atoms with E-state index in [4.69, 9.17) is 6.42 Å². The Hall–Kier alpha value is -1.55. The van der Waals surface area contributed by atoms with Crippen LogP contribution in [0.3, 0.4) is 0 Å². The fourth-order valence-electron chi connectivity index (χ4n) is 2.29. The van der Waals surface area contributed by atoms with Crippen LogP contribution >= 0.6 is 0 Å². The lowest BCUT2D eigenvalue weighted by atomic mass is 9.69. The van der Waals surface area contributed by atoms with Crippen LogP contribution in [0.1, 0.15) is 31.2 Å². The number of hydrogen-bond acceptors (Lipinski definition) is 1. The largest absolute Gasteiger partial charge is 0.298 e. The summed E-state index contributed by atoms with van der Waals surface area (Å²) < 4.78 is 0. The maximum Gasteiger partial charge on any atom is 0.155 e. The zero-order chi connectivity index (χ0) is 10.7. The molecule has 0 saturated heterocycles. The molecule has 1 aromatic rings. The summed E-state index contributed by atoms with van der Waals surface area (Å²) in [6, 6.07) is 9.75. The van der Waals surface area contributed by atoms with E-state index >= 15 is 0 Å². The van der Waals surface area contributed by atoms with Crippen LogP contribution in [0.2, 0.25) is 0 Å². The quantitative estimate of drug-likeness (QED) is 0.634. The number of benzene rings is 1. The Morgan fingerprint density at radius 3 is 2.53 bits per heavy atom. The number of Topliss-reactive ketones (excluding diaryl/α,β-unsaturated/α-hetero) is 1. The van der Waals surface area contributed by atoms with E-state index in [1.165, 1.54) is 0 Å². The summed E-state index contributed by atoms with van der Waals surface area (Å²) in [4.78, 5) is 12.0. The Bertz CT molecular complexity index is 399. The van der Waals surface area contributed by atoms with Gasteiger partial charge in [0.05, 0.1) is 0 Å². The van der Waals surface area contributed by atoms with Crippen LogP contribution in [0.25, 0.3) is 0 Å². The van der Waals surface area contributed by atoms with Gasteiger partial charge in [-0.3, -0.25) is 4.79 Å². The normalized spacial score (nSPS) is 25.9. The predicted octanol–water partition coefficient (Wildman–Crippen LogP) is 2.70. The van der Waals surface area contributed by atoms with Crippen LogP contribution in [0.4, 0.5) is 0 Å². The molecule has 0 aromatic heterocycles. The van der Waals surface area contributed by atoms with Gasteiger partial charge in [0.1, 0.15) is 5.41 Å². The van der Waals surface area contributed by atoms with Gasteiger partial charge < -0.3 is 0 Å². The van der Waals surface area contributed by atoms with Crippen LogP contribution in [0.15, 0.2) is 30.3 Å². The Balaban J connectivity index is 2.46. The molecule has 1 aliphatic rings. The van der Waals surface area contributed by atoms with Gasteiger partial charge in [-0.25, -0.2) is 0 Å². The Morgan fingerprint density at radius 1 is 1.20 bits per heavy atom. The first kappa shape index (κ1) is 9.98. The Morgan fingerprint density at radius 2 is 1.93 bits per heavy atom. The predicted molar refractivity (Wildman–Crippen MR) is 60.4 cm³/mol. The van der Waals surface area contributed by atoms with Gasteiger partial charge in [0, 0.05) is 6.42 Å². The van der Waals surface area contributed by atoms with E-state index in [0.717, 1.165) is 24.8 Å². The Labute approximate surface area is 90.5 Å². The molecule has 1 heteroatoms. The maximum absolute atomic E-state index is 12.0. The van der Waals surface area contributed by atoms with E-state index in [1.54, 1.807) is 0 Å². The monoisotopic (exact) mass is 198 g/mol. The summed E-state index contributed by atoms with van der Waals surface area (Å²) in [5.74, 6) is 2.94. The molecule has 1 fully saturated rings. The van der Waals surface area contributed by atoms with E-state index in [-0.39, 0.29) is 5.78 Å². The summed E-state index contributed by atoms with van der Waals surface area (Å²) in [5.41, 5.74) is 0.344. The van der Waals surface area contributed by atoms with Gasteiger partial charge in [-0.2, -0.15) is 0 Å². The topological polar surface area (TPSA) is 17.1 Å². The van der Waals surface area contributed by atoms with Crippen molar-refractivity contribution in [3.8, 4) is 12.3 Å². The first-order valence-corrected chi connectivity index (χ1v) is 5.36. The molecule has 15 heavy (non-hydrogen) atoms. The SMILES string of the molecule is C#CC1(c2ccccc2)CCCCC1=O. The van der Waals surface area contributed by atoms with Crippen molar-refractivity contribution in [2.45, 2.75) is 31.1 Å². The highest BCUT2D eigenvalue weighted by molar-refractivity contribution is 5.94. The van der Waals surface area contributed by atoms with Crippen molar-refractivity contribution >= 4 is 5.78 Å². The van der Waals surface area contributed by atoms with E-state index in [2.05, 4.69) is 5.92 Å². The van der Waals surface area contributed by atoms with Crippen molar-refractivity contribution in [3.63, 3.8) is 0 Å². The second kappa shape index (κ2) is 3.90. The average Bonchev–Trinajstić information content (AvgIpc) is 2.31. The second-order valence-electron chi connectivity index (χ2n) is 4.05. The molecule has 1 aliphatic carbocycles. The van der Waals surface area contributed by atoms with Crippen molar-refractivity contribution in [3.05, 3.63) is 35.9 Å². The maximum atomic E-state index is 12.0. The molecule has 1 atom stereocenters. The minimum Gasteiger partial charge on any atom is -0.298 e. The molecule has 1 nitrogen and oxygen atoms in total. The molecule has 0 N–H and O–H groups in total. The molecule has 0 bridgehead atoms. The molecule has 2 rings (SSSR count). The van der Waals surface area contributed by atoms with Crippen LogP contribution < -0.4 is 0 Å². The molecule has 1 aromatic carbocycles. The van der Waals surface area contributed by atoms with Crippen molar-refractivity contribution in [2.75, 3.05) is 0 Å². The molecule has 0 heterocycles. The van der Waals surface area contributed by atoms with Gasteiger partial charge in [0.15, 0.2) is 5.78 Å². The molecule has 1 unspecified atom stereocenters. The smallest absolute Gasteiger partial charge is 0.155 e. The highest BCUT2D eigenvalue weighted by atomic mass is 16.1. The molecular weight excluding hydrogens is 184 g/mol. The zero-order valence-corrected chi connectivity index (χ0v) is 8.70. The second-order valence-corrected chi connectivity index (χ2v) is 4.05. The number of rotatable bonds is 1. The third kappa shape index (κ3) is 1.57. The average molecular weight is 198 g/mol. The van der Waals surface area contributed by atoms with Crippen molar-refractivity contribution in [1.29, 1.82) is 0 Å². The van der Waals surface area contributed by atoms with E-state index in [0.29, 0.717) is 6.42 Å². The lowest BCUT2D eigenvalue weighted by Crippen LogP contribution is -2.37. The summed E-state index contributed by atoms with van der Waals surface area (Å²) >= 11 is 0. The van der Waals surface area contributed by atoms with Gasteiger partial charge in [-0.05, 0) is 18.4 Å². The third-order valence-electron chi connectivity index (χ3n) is 3.19. The van der Waals surface area contributed by atoms with Crippen LogP contribution in [-0.2, 0) is 10.2 Å². The van der Waals surface area contributed by atoms with Gasteiger partial charge in [-0.1, -0.05) is 42.7 Å². The highest BCUT2D eigenvalue weighted by Crippen LogP contribution is 2.35. The fraction of sp³-hybridized carbons (Fsp3) is 0.357. The number of carbonyl (C=O) groups is 1. The van der Waals surface area contributed by atoms with E-state index < -0.39 is 5.41 Å². The molecule has 0 amide bonds. The number of terminal acetylenes is 1. The van der Waals surface area contributed by atoms with Crippen molar-refractivity contribution in [1.82, 2.24) is 0 Å². The van der Waals surface area contributed by atoms with E-state index in [1.807, 2.05) is 30.3 Å². The molecule has 76 valence electrons. The standard InChI is InChI=1S/C14H14O/c1-2-14(11-7-6-10-13(14)15)12-8-4-3-5-9-12/h1,3-5,8-9H,6-7,10-11H2. The lowest BCUT2D eigenvalue weighted by molar-refractivity contribution is -0.124. The summed E-state index contributed by atoms with van der Waals surface area (Å²) in [6.07, 6.45) is 9.04. The highest BCUT2D eigenvalue weighted by Gasteiger charge is 2.39. The van der Waals surface area contributed by atoms with Crippen LogP contribution in [0, 0.1) is 12.3 Å². The van der Waals surface area contributed by atoms with Gasteiger partial charge in [-0.15, -0.1) is 6.42 Å². The first-order chi connectivity index (χ1) is 7.29.